The Kier molecular flexibility index (Phi) is 6.59. The lowest BCUT2D eigenvalue weighted by molar-refractivity contribution is -0.118. The van der Waals surface area contributed by atoms with Crippen molar-refractivity contribution in [3.8, 4) is 23.0 Å². The van der Waals surface area contributed by atoms with Crippen LogP contribution in [0.1, 0.15) is 12.5 Å². The van der Waals surface area contributed by atoms with Gasteiger partial charge in [-0.15, -0.1) is 0 Å². The van der Waals surface area contributed by atoms with Crippen LogP contribution in [0, 0.1) is 0 Å². The minimum atomic E-state index is -0.319. The molecule has 33 heavy (non-hydrogen) atoms. The van der Waals surface area contributed by atoms with Crippen LogP contribution >= 0.6 is 0 Å². The minimum absolute atomic E-state index is 0.107. The lowest BCUT2D eigenvalue weighted by Crippen LogP contribution is -2.20. The number of rotatable bonds is 8. The van der Waals surface area contributed by atoms with Gasteiger partial charge in [-0.1, -0.05) is 25.1 Å². The molecule has 1 amide bonds. The average Bonchev–Trinajstić information content (AvgIpc) is 2.85. The van der Waals surface area contributed by atoms with Crippen LogP contribution in [0.5, 0.6) is 23.0 Å². The summed E-state index contributed by atoms with van der Waals surface area (Å²) in [5.41, 5.74) is 1.68. The third-order valence-electron chi connectivity index (χ3n) is 5.03. The van der Waals surface area contributed by atoms with Crippen molar-refractivity contribution >= 4 is 22.6 Å². The van der Waals surface area contributed by atoms with Crippen molar-refractivity contribution in [1.29, 1.82) is 0 Å². The SMILES string of the molecule is CCc1ccccc1Oc1coc2cc(OCC(=O)Nc3ccc(OC)cc3)ccc2c1=O. The van der Waals surface area contributed by atoms with E-state index in [-0.39, 0.29) is 23.7 Å². The fourth-order valence-electron chi connectivity index (χ4n) is 3.29. The third-order valence-corrected chi connectivity index (χ3v) is 5.03. The van der Waals surface area contributed by atoms with Gasteiger partial charge in [0.2, 0.25) is 11.2 Å². The van der Waals surface area contributed by atoms with E-state index >= 15 is 0 Å². The second kappa shape index (κ2) is 9.91. The summed E-state index contributed by atoms with van der Waals surface area (Å²) in [5, 5.41) is 3.10. The zero-order chi connectivity index (χ0) is 23.2. The van der Waals surface area contributed by atoms with Crippen LogP contribution in [0.2, 0.25) is 0 Å². The monoisotopic (exact) mass is 445 g/mol. The zero-order valence-electron chi connectivity index (χ0n) is 18.3. The van der Waals surface area contributed by atoms with E-state index in [0.29, 0.717) is 33.9 Å². The molecular weight excluding hydrogens is 422 g/mol. The number of hydrogen-bond acceptors (Lipinski definition) is 6. The molecule has 4 aromatic rings. The van der Waals surface area contributed by atoms with E-state index in [4.69, 9.17) is 18.6 Å². The van der Waals surface area contributed by atoms with Gasteiger partial charge < -0.3 is 23.9 Å². The number of para-hydroxylation sites is 1. The van der Waals surface area contributed by atoms with E-state index in [9.17, 15) is 9.59 Å². The molecule has 1 aromatic heterocycles. The summed E-state index contributed by atoms with van der Waals surface area (Å²) in [6.07, 6.45) is 2.07. The molecule has 0 atom stereocenters. The van der Waals surface area contributed by atoms with Crippen LogP contribution in [0.15, 0.2) is 82.2 Å². The zero-order valence-corrected chi connectivity index (χ0v) is 18.3. The Hall–Kier alpha value is -4.26. The van der Waals surface area contributed by atoms with Gasteiger partial charge in [0.1, 0.15) is 29.1 Å². The fourth-order valence-corrected chi connectivity index (χ4v) is 3.29. The van der Waals surface area contributed by atoms with Gasteiger partial charge in [0.05, 0.1) is 12.5 Å². The van der Waals surface area contributed by atoms with Crippen molar-refractivity contribution in [2.24, 2.45) is 0 Å². The molecule has 3 aromatic carbocycles. The first-order valence-electron chi connectivity index (χ1n) is 10.5. The van der Waals surface area contributed by atoms with Crippen molar-refractivity contribution < 1.29 is 23.4 Å². The maximum Gasteiger partial charge on any atom is 0.262 e. The Morgan fingerprint density at radius 3 is 2.48 bits per heavy atom. The Morgan fingerprint density at radius 2 is 1.73 bits per heavy atom. The molecule has 7 nitrogen and oxygen atoms in total. The number of amides is 1. The van der Waals surface area contributed by atoms with Crippen molar-refractivity contribution in [3.63, 3.8) is 0 Å². The summed E-state index contributed by atoms with van der Waals surface area (Å²) in [6, 6.07) is 19.3. The lowest BCUT2D eigenvalue weighted by atomic mass is 10.1. The minimum Gasteiger partial charge on any atom is -0.497 e. The standard InChI is InChI=1S/C26H23NO6/c1-3-17-6-4-5-7-22(17)33-24-15-32-23-14-20(12-13-21(23)26(24)29)31-16-25(28)27-18-8-10-19(30-2)11-9-18/h4-15H,3,16H2,1-2H3,(H,27,28). The highest BCUT2D eigenvalue weighted by atomic mass is 16.5. The summed E-state index contributed by atoms with van der Waals surface area (Å²) in [5.74, 6) is 1.51. The molecule has 0 aliphatic heterocycles. The predicted octanol–water partition coefficient (Wildman–Crippen LogP) is 5.17. The molecule has 0 spiro atoms. The molecule has 0 fully saturated rings. The molecule has 168 valence electrons. The van der Waals surface area contributed by atoms with E-state index in [0.717, 1.165) is 12.0 Å². The van der Waals surface area contributed by atoms with Gasteiger partial charge in [-0.25, -0.2) is 0 Å². The number of anilines is 1. The van der Waals surface area contributed by atoms with Gasteiger partial charge >= 0.3 is 0 Å². The normalized spacial score (nSPS) is 10.6. The Balaban J connectivity index is 1.44. The fraction of sp³-hybridized carbons (Fsp3) is 0.154. The number of aryl methyl sites for hydroxylation is 1. The highest BCUT2D eigenvalue weighted by Crippen LogP contribution is 2.26. The third kappa shape index (κ3) is 5.15. The molecule has 0 aliphatic rings. The second-order valence-corrected chi connectivity index (χ2v) is 7.22. The molecule has 0 unspecified atom stereocenters. The van der Waals surface area contributed by atoms with Crippen molar-refractivity contribution in [3.05, 3.63) is 88.8 Å². The lowest BCUT2D eigenvalue weighted by Gasteiger charge is -2.10. The summed E-state index contributed by atoms with van der Waals surface area (Å²) in [6.45, 7) is 1.82. The van der Waals surface area contributed by atoms with Crippen LogP contribution in [0.3, 0.4) is 0 Å². The molecule has 0 saturated carbocycles. The highest BCUT2D eigenvalue weighted by Gasteiger charge is 2.12. The van der Waals surface area contributed by atoms with Crippen LogP contribution in [-0.2, 0) is 11.2 Å². The van der Waals surface area contributed by atoms with Crippen molar-refractivity contribution in [2.45, 2.75) is 13.3 Å². The molecule has 1 N–H and O–H groups in total. The number of nitrogens with one attached hydrogen (secondary N) is 1. The van der Waals surface area contributed by atoms with Gasteiger partial charge in [0.15, 0.2) is 6.61 Å². The van der Waals surface area contributed by atoms with Gasteiger partial charge in [-0.3, -0.25) is 9.59 Å². The summed E-state index contributed by atoms with van der Waals surface area (Å²) < 4.78 is 22.1. The molecule has 0 aliphatic carbocycles. The van der Waals surface area contributed by atoms with E-state index in [1.807, 2.05) is 31.2 Å². The first-order valence-corrected chi connectivity index (χ1v) is 10.5. The number of carbonyl (C=O) groups is 1. The maximum absolute atomic E-state index is 12.9. The largest absolute Gasteiger partial charge is 0.497 e. The summed E-state index contributed by atoms with van der Waals surface area (Å²) >= 11 is 0. The quantitative estimate of drug-likeness (QED) is 0.402. The topological polar surface area (TPSA) is 87.0 Å². The van der Waals surface area contributed by atoms with Crippen LogP contribution in [0.4, 0.5) is 5.69 Å². The van der Waals surface area contributed by atoms with Gasteiger partial charge in [-0.05, 0) is 54.4 Å². The number of carbonyl (C=O) groups excluding carboxylic acids is 1. The van der Waals surface area contributed by atoms with Crippen LogP contribution in [-0.4, -0.2) is 19.6 Å². The molecule has 0 saturated heterocycles. The number of benzene rings is 3. The molecule has 0 radical (unpaired) electrons. The van der Waals surface area contributed by atoms with Crippen molar-refractivity contribution in [2.75, 3.05) is 19.0 Å². The smallest absolute Gasteiger partial charge is 0.262 e. The van der Waals surface area contributed by atoms with E-state index < -0.39 is 0 Å². The number of hydrogen-bond donors (Lipinski definition) is 1. The predicted molar refractivity (Wildman–Crippen MR) is 125 cm³/mol. The number of methoxy groups -OCH3 is 1. The van der Waals surface area contributed by atoms with Crippen molar-refractivity contribution in [1.82, 2.24) is 0 Å². The summed E-state index contributed by atoms with van der Waals surface area (Å²) in [7, 11) is 1.58. The number of ether oxygens (including phenoxy) is 3. The Morgan fingerprint density at radius 1 is 0.970 bits per heavy atom. The molecule has 0 bridgehead atoms. The number of fused-ring (bicyclic) bond motifs is 1. The average molecular weight is 445 g/mol. The Bertz CT molecular complexity index is 1330. The van der Waals surface area contributed by atoms with Crippen LogP contribution < -0.4 is 25.0 Å². The first kappa shape index (κ1) is 22.0. The van der Waals surface area contributed by atoms with E-state index in [2.05, 4.69) is 5.32 Å². The van der Waals surface area contributed by atoms with Crippen LogP contribution in [0.25, 0.3) is 11.0 Å². The summed E-state index contributed by atoms with van der Waals surface area (Å²) in [4.78, 5) is 25.0. The molecule has 1 heterocycles. The van der Waals surface area contributed by atoms with Gasteiger partial charge in [-0.2, -0.15) is 0 Å². The Labute approximate surface area is 190 Å². The first-order chi connectivity index (χ1) is 16.1. The van der Waals surface area contributed by atoms with E-state index in [1.54, 1.807) is 49.6 Å². The molecular formula is C26H23NO6. The molecule has 4 rings (SSSR count). The maximum atomic E-state index is 12.9. The van der Waals surface area contributed by atoms with E-state index in [1.165, 1.54) is 6.26 Å². The van der Waals surface area contributed by atoms with Gasteiger partial charge in [0.25, 0.3) is 5.91 Å². The second-order valence-electron chi connectivity index (χ2n) is 7.22. The highest BCUT2D eigenvalue weighted by molar-refractivity contribution is 5.92. The molecule has 7 heteroatoms. The van der Waals surface area contributed by atoms with Gasteiger partial charge in [0, 0.05) is 11.8 Å².